The molecule has 0 fully saturated rings. The van der Waals surface area contributed by atoms with Gasteiger partial charge in [0.2, 0.25) is 5.91 Å². The van der Waals surface area contributed by atoms with Gasteiger partial charge >= 0.3 is 0 Å². The maximum absolute atomic E-state index is 11.9. The van der Waals surface area contributed by atoms with Crippen molar-refractivity contribution in [1.82, 2.24) is 4.90 Å². The van der Waals surface area contributed by atoms with Crippen LogP contribution in [0.25, 0.3) is 0 Å². The second-order valence-corrected chi connectivity index (χ2v) is 4.87. The summed E-state index contributed by atoms with van der Waals surface area (Å²) in [5, 5.41) is -0.00926. The number of hydrogen-bond acceptors (Lipinski definition) is 3. The molecule has 0 N–H and O–H groups in total. The monoisotopic (exact) mass is 241 g/mol. The van der Waals surface area contributed by atoms with Crippen LogP contribution in [0.1, 0.15) is 26.5 Å². The van der Waals surface area contributed by atoms with E-state index >= 15 is 0 Å². The van der Waals surface area contributed by atoms with Crippen molar-refractivity contribution in [2.75, 3.05) is 13.1 Å². The third-order valence-corrected chi connectivity index (χ3v) is 3.63. The fourth-order valence-electron chi connectivity index (χ4n) is 1.47. The summed E-state index contributed by atoms with van der Waals surface area (Å²) in [4.78, 5) is 13.8. The molecule has 0 radical (unpaired) electrons. The Hall–Kier alpha value is -0.900. The summed E-state index contributed by atoms with van der Waals surface area (Å²) in [5.74, 6) is 1.88. The summed E-state index contributed by atoms with van der Waals surface area (Å²) in [5.41, 5.74) is 0. The smallest absolute Gasteiger partial charge is 0.235 e. The second kappa shape index (κ2) is 6.63. The Bertz CT molecular complexity index is 307. The topological polar surface area (TPSA) is 33.5 Å². The lowest BCUT2D eigenvalue weighted by Gasteiger charge is -2.22. The number of rotatable bonds is 6. The lowest BCUT2D eigenvalue weighted by molar-refractivity contribution is -0.129. The van der Waals surface area contributed by atoms with Gasteiger partial charge in [-0.25, -0.2) is 0 Å². The Labute approximate surface area is 101 Å². The molecule has 16 heavy (non-hydrogen) atoms. The second-order valence-electron chi connectivity index (χ2n) is 3.54. The van der Waals surface area contributed by atoms with E-state index in [2.05, 4.69) is 0 Å². The molecule has 1 rings (SSSR count). The largest absolute Gasteiger partial charge is 0.468 e. The van der Waals surface area contributed by atoms with Crippen molar-refractivity contribution < 1.29 is 9.21 Å². The van der Waals surface area contributed by atoms with Gasteiger partial charge in [-0.2, -0.15) is 0 Å². The number of nitrogens with zero attached hydrogens (tertiary/aromatic N) is 1. The van der Waals surface area contributed by atoms with Crippen molar-refractivity contribution in [1.29, 1.82) is 0 Å². The quantitative estimate of drug-likeness (QED) is 0.768. The summed E-state index contributed by atoms with van der Waals surface area (Å²) in [6.07, 6.45) is 1.66. The predicted molar refractivity (Wildman–Crippen MR) is 67.4 cm³/mol. The standard InChI is InChI=1S/C12H19NO2S/c1-4-13(5-2)12(14)10(3)16-9-11-7-6-8-15-11/h6-8,10H,4-5,9H2,1-3H3. The fourth-order valence-corrected chi connectivity index (χ4v) is 2.34. The zero-order valence-electron chi connectivity index (χ0n) is 10.1. The first kappa shape index (κ1) is 13.2. The van der Waals surface area contributed by atoms with Gasteiger partial charge in [-0.3, -0.25) is 4.79 Å². The van der Waals surface area contributed by atoms with Crippen LogP contribution in [0.2, 0.25) is 0 Å². The van der Waals surface area contributed by atoms with Crippen LogP contribution < -0.4 is 0 Å². The van der Waals surface area contributed by atoms with E-state index in [0.717, 1.165) is 24.6 Å². The highest BCUT2D eigenvalue weighted by Crippen LogP contribution is 2.19. The first-order chi connectivity index (χ1) is 7.69. The first-order valence-corrected chi connectivity index (χ1v) is 6.66. The zero-order chi connectivity index (χ0) is 12.0. The van der Waals surface area contributed by atoms with Crippen molar-refractivity contribution in [2.24, 2.45) is 0 Å². The molecule has 1 atom stereocenters. The Morgan fingerprint density at radius 1 is 1.50 bits per heavy atom. The Balaban J connectivity index is 2.39. The molecule has 0 aliphatic heterocycles. The van der Waals surface area contributed by atoms with E-state index in [-0.39, 0.29) is 11.2 Å². The van der Waals surface area contributed by atoms with Crippen molar-refractivity contribution in [3.05, 3.63) is 24.2 Å². The highest BCUT2D eigenvalue weighted by Gasteiger charge is 2.18. The van der Waals surface area contributed by atoms with Crippen LogP contribution in [-0.4, -0.2) is 29.1 Å². The Morgan fingerprint density at radius 3 is 2.69 bits per heavy atom. The highest BCUT2D eigenvalue weighted by molar-refractivity contribution is 7.99. The van der Waals surface area contributed by atoms with Crippen LogP contribution in [0.3, 0.4) is 0 Å². The van der Waals surface area contributed by atoms with Crippen molar-refractivity contribution in [2.45, 2.75) is 31.8 Å². The first-order valence-electron chi connectivity index (χ1n) is 5.61. The number of amides is 1. The molecular formula is C12H19NO2S. The van der Waals surface area contributed by atoms with Gasteiger partial charge in [0.1, 0.15) is 5.76 Å². The maximum Gasteiger partial charge on any atom is 0.235 e. The molecule has 0 spiro atoms. The van der Waals surface area contributed by atoms with Crippen LogP contribution in [0.4, 0.5) is 0 Å². The molecule has 0 saturated carbocycles. The molecule has 1 amide bonds. The van der Waals surface area contributed by atoms with Crippen molar-refractivity contribution in [3.8, 4) is 0 Å². The van der Waals surface area contributed by atoms with E-state index in [4.69, 9.17) is 4.42 Å². The summed E-state index contributed by atoms with van der Waals surface area (Å²) in [6.45, 7) is 7.52. The van der Waals surface area contributed by atoms with Gasteiger partial charge in [-0.05, 0) is 32.9 Å². The van der Waals surface area contributed by atoms with E-state index < -0.39 is 0 Å². The average Bonchev–Trinajstić information content (AvgIpc) is 2.80. The van der Waals surface area contributed by atoms with Crippen LogP contribution in [0.5, 0.6) is 0 Å². The highest BCUT2D eigenvalue weighted by atomic mass is 32.2. The minimum Gasteiger partial charge on any atom is -0.468 e. The normalized spacial score (nSPS) is 12.4. The van der Waals surface area contributed by atoms with E-state index in [1.165, 1.54) is 0 Å². The van der Waals surface area contributed by atoms with Gasteiger partial charge in [0.25, 0.3) is 0 Å². The van der Waals surface area contributed by atoms with Crippen LogP contribution in [-0.2, 0) is 10.5 Å². The van der Waals surface area contributed by atoms with E-state index in [1.807, 2.05) is 37.8 Å². The maximum atomic E-state index is 11.9. The molecule has 0 bridgehead atoms. The van der Waals surface area contributed by atoms with E-state index in [9.17, 15) is 4.79 Å². The van der Waals surface area contributed by atoms with Crippen molar-refractivity contribution in [3.63, 3.8) is 0 Å². The molecular weight excluding hydrogens is 222 g/mol. The number of thioether (sulfide) groups is 1. The van der Waals surface area contributed by atoms with Gasteiger partial charge in [0, 0.05) is 13.1 Å². The molecule has 1 aromatic heterocycles. The van der Waals surface area contributed by atoms with E-state index in [0.29, 0.717) is 0 Å². The number of hydrogen-bond donors (Lipinski definition) is 0. The number of furan rings is 1. The van der Waals surface area contributed by atoms with E-state index in [1.54, 1.807) is 18.0 Å². The molecule has 4 heteroatoms. The summed E-state index contributed by atoms with van der Waals surface area (Å²) in [7, 11) is 0. The molecule has 0 saturated heterocycles. The van der Waals surface area contributed by atoms with Crippen LogP contribution in [0, 0.1) is 0 Å². The minimum absolute atomic E-state index is 0.00926. The minimum atomic E-state index is -0.00926. The third kappa shape index (κ3) is 3.59. The van der Waals surface area contributed by atoms with Crippen molar-refractivity contribution >= 4 is 17.7 Å². The molecule has 3 nitrogen and oxygen atoms in total. The molecule has 1 aromatic rings. The van der Waals surface area contributed by atoms with Gasteiger partial charge in [0.05, 0.1) is 17.3 Å². The summed E-state index contributed by atoms with van der Waals surface area (Å²) in [6, 6.07) is 3.80. The predicted octanol–water partition coefficient (Wildman–Crippen LogP) is 2.77. The average molecular weight is 241 g/mol. The molecule has 1 unspecified atom stereocenters. The lowest BCUT2D eigenvalue weighted by atomic mass is 10.4. The summed E-state index contributed by atoms with van der Waals surface area (Å²) < 4.78 is 5.23. The van der Waals surface area contributed by atoms with Gasteiger partial charge < -0.3 is 9.32 Å². The van der Waals surface area contributed by atoms with Gasteiger partial charge in [-0.1, -0.05) is 0 Å². The molecule has 0 aromatic carbocycles. The fraction of sp³-hybridized carbons (Fsp3) is 0.583. The van der Waals surface area contributed by atoms with Gasteiger partial charge in [0.15, 0.2) is 0 Å². The SMILES string of the molecule is CCN(CC)C(=O)C(C)SCc1ccco1. The molecule has 0 aliphatic rings. The molecule has 90 valence electrons. The van der Waals surface area contributed by atoms with Crippen LogP contribution in [0.15, 0.2) is 22.8 Å². The summed E-state index contributed by atoms with van der Waals surface area (Å²) >= 11 is 1.62. The van der Waals surface area contributed by atoms with Crippen LogP contribution >= 0.6 is 11.8 Å². The zero-order valence-corrected chi connectivity index (χ0v) is 10.9. The number of carbonyl (C=O) groups is 1. The molecule has 1 heterocycles. The third-order valence-electron chi connectivity index (χ3n) is 2.48. The number of carbonyl (C=O) groups excluding carboxylic acids is 1. The Morgan fingerprint density at radius 2 is 2.19 bits per heavy atom. The Kier molecular flexibility index (Phi) is 5.46. The molecule has 0 aliphatic carbocycles. The van der Waals surface area contributed by atoms with Gasteiger partial charge in [-0.15, -0.1) is 11.8 Å². The lowest BCUT2D eigenvalue weighted by Crippen LogP contribution is -2.36.